The topological polar surface area (TPSA) is 74.6 Å². The summed E-state index contributed by atoms with van der Waals surface area (Å²) in [5.41, 5.74) is 0.994. The van der Waals surface area contributed by atoms with Gasteiger partial charge in [0.15, 0.2) is 0 Å². The average Bonchev–Trinajstić information content (AvgIpc) is 3.24. The second kappa shape index (κ2) is 9.99. The van der Waals surface area contributed by atoms with Gasteiger partial charge in [0.25, 0.3) is 0 Å². The van der Waals surface area contributed by atoms with E-state index >= 15 is 0 Å². The summed E-state index contributed by atoms with van der Waals surface area (Å²) >= 11 is 5.85. The summed E-state index contributed by atoms with van der Waals surface area (Å²) < 4.78 is 5.19. The van der Waals surface area contributed by atoms with Gasteiger partial charge < -0.3 is 20.0 Å². The molecule has 2 heterocycles. The Labute approximate surface area is 169 Å². The van der Waals surface area contributed by atoms with E-state index in [0.29, 0.717) is 42.9 Å². The number of carbonyl (C=O) groups excluding carboxylic acids is 2. The molecule has 0 saturated carbocycles. The first-order valence-corrected chi connectivity index (χ1v) is 9.74. The van der Waals surface area contributed by atoms with E-state index in [9.17, 15) is 9.59 Å². The lowest BCUT2D eigenvalue weighted by molar-refractivity contribution is -0.127. The summed E-state index contributed by atoms with van der Waals surface area (Å²) in [6, 6.07) is 10.8. The molecular weight excluding hydrogens is 378 g/mol. The molecule has 1 aliphatic heterocycles. The molecule has 28 heavy (non-hydrogen) atoms. The van der Waals surface area contributed by atoms with Crippen molar-refractivity contribution in [3.05, 3.63) is 65.1 Å². The summed E-state index contributed by atoms with van der Waals surface area (Å²) in [5, 5.41) is 6.43. The predicted molar refractivity (Wildman–Crippen MR) is 109 cm³/mol. The highest BCUT2D eigenvalue weighted by Crippen LogP contribution is 2.17. The molecule has 3 rings (SSSR count). The molecule has 0 aliphatic carbocycles. The van der Waals surface area contributed by atoms with E-state index in [1.807, 2.05) is 17.0 Å². The lowest BCUT2D eigenvalue weighted by Crippen LogP contribution is -2.43. The van der Waals surface area contributed by atoms with Gasteiger partial charge in [0.2, 0.25) is 5.91 Å². The highest BCUT2D eigenvalue weighted by atomic mass is 35.5. The summed E-state index contributed by atoms with van der Waals surface area (Å²) in [6.07, 6.45) is 6.55. The fraction of sp³-hybridized carbons (Fsp3) is 0.333. The summed E-state index contributed by atoms with van der Waals surface area (Å²) in [5.74, 6) is 1.03. The molecule has 1 aromatic carbocycles. The van der Waals surface area contributed by atoms with Gasteiger partial charge in [0.1, 0.15) is 5.76 Å². The normalized spacial score (nSPS) is 15.0. The zero-order valence-electron chi connectivity index (χ0n) is 15.6. The smallest absolute Gasteiger partial charge is 0.315 e. The van der Waals surface area contributed by atoms with Crippen LogP contribution in [0.5, 0.6) is 0 Å². The molecular formula is C21H24ClN3O3. The summed E-state index contributed by atoms with van der Waals surface area (Å²) in [6.45, 7) is 2.45. The second-order valence-electron chi connectivity index (χ2n) is 6.81. The van der Waals surface area contributed by atoms with Crippen LogP contribution in [0.4, 0.5) is 4.79 Å². The molecule has 1 aliphatic rings. The van der Waals surface area contributed by atoms with E-state index in [1.165, 1.54) is 0 Å². The molecule has 1 fully saturated rings. The van der Waals surface area contributed by atoms with Crippen molar-refractivity contribution in [2.45, 2.75) is 19.4 Å². The monoisotopic (exact) mass is 401 g/mol. The van der Waals surface area contributed by atoms with Gasteiger partial charge in [-0.05, 0) is 54.7 Å². The van der Waals surface area contributed by atoms with Crippen LogP contribution < -0.4 is 10.6 Å². The number of carbonyl (C=O) groups is 2. The van der Waals surface area contributed by atoms with Crippen LogP contribution in [0.25, 0.3) is 6.08 Å². The first kappa shape index (κ1) is 20.0. The van der Waals surface area contributed by atoms with Crippen LogP contribution in [0.3, 0.4) is 0 Å². The molecule has 0 bridgehead atoms. The lowest BCUT2D eigenvalue weighted by atomic mass is 9.97. The first-order valence-electron chi connectivity index (χ1n) is 9.37. The van der Waals surface area contributed by atoms with E-state index in [4.69, 9.17) is 16.0 Å². The fourth-order valence-electron chi connectivity index (χ4n) is 3.09. The Balaban J connectivity index is 1.33. The van der Waals surface area contributed by atoms with E-state index in [1.54, 1.807) is 42.7 Å². The Bertz CT molecular complexity index is 795. The Hall–Kier alpha value is -2.73. The van der Waals surface area contributed by atoms with Gasteiger partial charge in [-0.2, -0.15) is 0 Å². The van der Waals surface area contributed by atoms with Crippen LogP contribution in [0.2, 0.25) is 5.02 Å². The maximum absolute atomic E-state index is 12.2. The first-order chi connectivity index (χ1) is 13.6. The number of furan rings is 1. The second-order valence-corrected chi connectivity index (χ2v) is 7.24. The zero-order valence-corrected chi connectivity index (χ0v) is 16.3. The molecule has 7 heteroatoms. The molecule has 3 amide bonds. The van der Waals surface area contributed by atoms with Gasteiger partial charge in [-0.1, -0.05) is 23.7 Å². The molecule has 148 valence electrons. The predicted octanol–water partition coefficient (Wildman–Crippen LogP) is 3.68. The minimum Gasteiger partial charge on any atom is -0.465 e. The van der Waals surface area contributed by atoms with Crippen molar-refractivity contribution >= 4 is 29.6 Å². The molecule has 6 nitrogen and oxygen atoms in total. The van der Waals surface area contributed by atoms with Crippen molar-refractivity contribution in [1.29, 1.82) is 0 Å². The number of rotatable bonds is 6. The van der Waals surface area contributed by atoms with Crippen molar-refractivity contribution in [2.24, 2.45) is 5.92 Å². The standard InChI is InChI=1S/C21H24ClN3O3/c22-18-5-3-16(4-6-18)14-23-21(27)24-15-17-9-11-25(12-10-17)20(26)8-7-19-2-1-13-28-19/h1-8,13,17H,9-12,14-15H2,(H2,23,24,27)/b8-7+. The van der Waals surface area contributed by atoms with Crippen molar-refractivity contribution in [3.8, 4) is 0 Å². The molecule has 0 radical (unpaired) electrons. The number of amides is 3. The number of piperidine rings is 1. The van der Waals surface area contributed by atoms with Crippen LogP contribution in [-0.2, 0) is 11.3 Å². The van der Waals surface area contributed by atoms with Gasteiger partial charge in [0.05, 0.1) is 6.26 Å². The van der Waals surface area contributed by atoms with E-state index in [-0.39, 0.29) is 11.9 Å². The highest BCUT2D eigenvalue weighted by Gasteiger charge is 2.21. The molecule has 1 saturated heterocycles. The minimum atomic E-state index is -0.185. The Morgan fingerprint density at radius 1 is 1.14 bits per heavy atom. The van der Waals surface area contributed by atoms with E-state index in [2.05, 4.69) is 10.6 Å². The number of benzene rings is 1. The zero-order chi connectivity index (χ0) is 19.8. The molecule has 0 spiro atoms. The highest BCUT2D eigenvalue weighted by molar-refractivity contribution is 6.30. The number of likely N-dealkylation sites (tertiary alicyclic amines) is 1. The van der Waals surface area contributed by atoms with E-state index < -0.39 is 0 Å². The molecule has 0 atom stereocenters. The Morgan fingerprint density at radius 3 is 2.57 bits per heavy atom. The quantitative estimate of drug-likeness (QED) is 0.725. The maximum Gasteiger partial charge on any atom is 0.315 e. The molecule has 0 unspecified atom stereocenters. The van der Waals surface area contributed by atoms with Crippen LogP contribution in [0, 0.1) is 5.92 Å². The summed E-state index contributed by atoms with van der Waals surface area (Å²) in [7, 11) is 0. The third kappa shape index (κ3) is 6.16. The van der Waals surface area contributed by atoms with Gasteiger partial charge in [0, 0.05) is 37.3 Å². The number of hydrogen-bond donors (Lipinski definition) is 2. The largest absolute Gasteiger partial charge is 0.465 e. The maximum atomic E-state index is 12.2. The number of halogens is 1. The van der Waals surface area contributed by atoms with Crippen LogP contribution in [0.1, 0.15) is 24.2 Å². The SMILES string of the molecule is O=C(NCc1ccc(Cl)cc1)NCC1CCN(C(=O)/C=C/c2ccco2)CC1. The van der Waals surface area contributed by atoms with Crippen molar-refractivity contribution in [1.82, 2.24) is 15.5 Å². The van der Waals surface area contributed by atoms with Gasteiger partial charge >= 0.3 is 6.03 Å². The molecule has 2 N–H and O–H groups in total. The average molecular weight is 402 g/mol. The van der Waals surface area contributed by atoms with Gasteiger partial charge in [-0.3, -0.25) is 4.79 Å². The lowest BCUT2D eigenvalue weighted by Gasteiger charge is -2.31. The third-order valence-corrected chi connectivity index (χ3v) is 5.03. The van der Waals surface area contributed by atoms with Crippen molar-refractivity contribution in [3.63, 3.8) is 0 Å². The minimum absolute atomic E-state index is 0.0106. The van der Waals surface area contributed by atoms with Crippen molar-refractivity contribution in [2.75, 3.05) is 19.6 Å². The van der Waals surface area contributed by atoms with Crippen LogP contribution in [-0.4, -0.2) is 36.5 Å². The van der Waals surface area contributed by atoms with Crippen molar-refractivity contribution < 1.29 is 14.0 Å². The Morgan fingerprint density at radius 2 is 1.89 bits per heavy atom. The van der Waals surface area contributed by atoms with Gasteiger partial charge in [-0.15, -0.1) is 0 Å². The molecule has 2 aromatic rings. The number of hydrogen-bond acceptors (Lipinski definition) is 3. The van der Waals surface area contributed by atoms with Gasteiger partial charge in [-0.25, -0.2) is 4.79 Å². The van der Waals surface area contributed by atoms with E-state index in [0.717, 1.165) is 18.4 Å². The Kier molecular flexibility index (Phi) is 7.14. The summed E-state index contributed by atoms with van der Waals surface area (Å²) in [4.78, 5) is 26.0. The van der Waals surface area contributed by atoms with Crippen LogP contribution >= 0.6 is 11.6 Å². The number of nitrogens with zero attached hydrogens (tertiary/aromatic N) is 1. The number of urea groups is 1. The third-order valence-electron chi connectivity index (χ3n) is 4.78. The number of nitrogens with one attached hydrogen (secondary N) is 2. The molecule has 1 aromatic heterocycles. The fourth-order valence-corrected chi connectivity index (χ4v) is 3.21. The van der Waals surface area contributed by atoms with Crippen LogP contribution in [0.15, 0.2) is 53.2 Å².